The molecule has 0 spiro atoms. The summed E-state index contributed by atoms with van der Waals surface area (Å²) in [7, 11) is -0.816. The van der Waals surface area contributed by atoms with Crippen LogP contribution in [-0.2, 0) is 5.41 Å². The van der Waals surface area contributed by atoms with Crippen LogP contribution in [0.4, 0.5) is 0 Å². The van der Waals surface area contributed by atoms with Gasteiger partial charge in [0.25, 0.3) is 9.04 Å². The van der Waals surface area contributed by atoms with Gasteiger partial charge in [0.1, 0.15) is 5.75 Å². The van der Waals surface area contributed by atoms with Crippen LogP contribution in [0.2, 0.25) is 13.1 Å². The largest absolute Gasteiger partial charge is 0.541 e. The molecule has 0 amide bonds. The van der Waals surface area contributed by atoms with Crippen LogP contribution >= 0.6 is 15.9 Å². The van der Waals surface area contributed by atoms with E-state index in [0.29, 0.717) is 0 Å². The van der Waals surface area contributed by atoms with Gasteiger partial charge in [-0.15, -0.1) is 0 Å². The maximum Gasteiger partial charge on any atom is 0.274 e. The number of halogens is 1. The third-order valence-corrected chi connectivity index (χ3v) is 4.50. The van der Waals surface area contributed by atoms with E-state index in [1.165, 1.54) is 16.7 Å². The van der Waals surface area contributed by atoms with E-state index in [9.17, 15) is 0 Å². The van der Waals surface area contributed by atoms with Gasteiger partial charge in [0, 0.05) is 5.56 Å². The second-order valence-corrected chi connectivity index (χ2v) is 9.34. The highest BCUT2D eigenvalue weighted by Crippen LogP contribution is 2.40. The zero-order chi connectivity index (χ0) is 15.6. The quantitative estimate of drug-likeness (QED) is 0.605. The summed E-state index contributed by atoms with van der Waals surface area (Å²) in [4.78, 5) is 0. The van der Waals surface area contributed by atoms with E-state index < -0.39 is 9.04 Å². The Labute approximate surface area is 138 Å². The Kier molecular flexibility index (Phi) is 4.94. The first-order chi connectivity index (χ1) is 9.79. The van der Waals surface area contributed by atoms with Crippen LogP contribution in [0.5, 0.6) is 5.75 Å². The first-order valence-electron chi connectivity index (χ1n) is 7.16. The predicted molar refractivity (Wildman–Crippen MR) is 96.4 cm³/mol. The van der Waals surface area contributed by atoms with Crippen molar-refractivity contribution in [1.29, 1.82) is 0 Å². The molecular weight excluding hydrogens is 340 g/mol. The average molecular weight is 362 g/mol. The third kappa shape index (κ3) is 3.98. The molecule has 2 aromatic carbocycles. The fourth-order valence-corrected chi connectivity index (χ4v) is 3.49. The summed E-state index contributed by atoms with van der Waals surface area (Å²) in [6.07, 6.45) is 0. The van der Waals surface area contributed by atoms with Gasteiger partial charge < -0.3 is 4.43 Å². The molecule has 0 saturated carbocycles. The second-order valence-electron chi connectivity index (χ2n) is 6.46. The summed E-state index contributed by atoms with van der Waals surface area (Å²) < 4.78 is 7.19. The molecule has 2 aromatic rings. The van der Waals surface area contributed by atoms with Crippen LogP contribution in [0, 0.1) is 0 Å². The highest BCUT2D eigenvalue weighted by Gasteiger charge is 2.20. The van der Waals surface area contributed by atoms with Crippen molar-refractivity contribution >= 4 is 25.0 Å². The Morgan fingerprint density at radius 3 is 2.14 bits per heavy atom. The Balaban J connectivity index is 2.65. The van der Waals surface area contributed by atoms with Crippen molar-refractivity contribution in [2.45, 2.75) is 39.3 Å². The fraction of sp³-hybridized carbons (Fsp3) is 0.333. The summed E-state index contributed by atoms with van der Waals surface area (Å²) >= 11 is 3.71. The summed E-state index contributed by atoms with van der Waals surface area (Å²) in [6, 6.07) is 14.9. The van der Waals surface area contributed by atoms with Crippen LogP contribution in [0.25, 0.3) is 11.1 Å². The molecule has 0 aliphatic carbocycles. The minimum Gasteiger partial charge on any atom is -0.541 e. The topological polar surface area (TPSA) is 9.23 Å². The predicted octanol–water partition coefficient (Wildman–Crippen LogP) is 6.04. The normalized spacial score (nSPS) is 11.8. The van der Waals surface area contributed by atoms with Crippen LogP contribution < -0.4 is 4.43 Å². The highest BCUT2D eigenvalue weighted by molar-refractivity contribution is 9.10. The average Bonchev–Trinajstić information content (AvgIpc) is 2.40. The lowest BCUT2D eigenvalue weighted by Crippen LogP contribution is -2.15. The lowest BCUT2D eigenvalue weighted by Gasteiger charge is -2.23. The van der Waals surface area contributed by atoms with Gasteiger partial charge in [0.15, 0.2) is 0 Å². The lowest BCUT2D eigenvalue weighted by atomic mass is 9.85. The SMILES string of the molecule is C[Si](C)Oc1c(Br)cc(C(C)(C)C)cc1-c1ccccc1. The molecule has 0 atom stereocenters. The first kappa shape index (κ1) is 16.3. The Morgan fingerprint density at radius 2 is 1.62 bits per heavy atom. The van der Waals surface area contributed by atoms with E-state index in [4.69, 9.17) is 4.43 Å². The Morgan fingerprint density at radius 1 is 1.00 bits per heavy atom. The molecule has 0 saturated heterocycles. The standard InChI is InChI=1S/C18H22BrOSi/c1-18(2,3)14-11-15(13-9-7-6-8-10-13)17(16(19)12-14)20-21(4)5/h6-12H,1-5H3. The molecule has 111 valence electrons. The Bertz CT molecular complexity index is 615. The van der Waals surface area contributed by atoms with Crippen molar-refractivity contribution < 1.29 is 4.43 Å². The molecule has 0 unspecified atom stereocenters. The number of rotatable bonds is 3. The number of hydrogen-bond donors (Lipinski definition) is 0. The molecule has 0 heterocycles. The smallest absolute Gasteiger partial charge is 0.274 e. The highest BCUT2D eigenvalue weighted by atomic mass is 79.9. The molecule has 1 radical (unpaired) electrons. The lowest BCUT2D eigenvalue weighted by molar-refractivity contribution is 0.569. The molecule has 0 aliphatic rings. The van der Waals surface area contributed by atoms with Crippen molar-refractivity contribution in [3.63, 3.8) is 0 Å². The van der Waals surface area contributed by atoms with Gasteiger partial charge in [-0.2, -0.15) is 0 Å². The van der Waals surface area contributed by atoms with E-state index in [1.807, 2.05) is 6.07 Å². The van der Waals surface area contributed by atoms with E-state index in [2.05, 4.69) is 86.2 Å². The minimum absolute atomic E-state index is 0.108. The van der Waals surface area contributed by atoms with Crippen molar-refractivity contribution in [2.75, 3.05) is 0 Å². The molecule has 0 bridgehead atoms. The van der Waals surface area contributed by atoms with Crippen LogP contribution in [0.15, 0.2) is 46.9 Å². The zero-order valence-corrected chi connectivity index (χ0v) is 15.9. The first-order valence-corrected chi connectivity index (χ1v) is 10.4. The van der Waals surface area contributed by atoms with Crippen LogP contribution in [0.3, 0.4) is 0 Å². The van der Waals surface area contributed by atoms with Gasteiger partial charge in [-0.3, -0.25) is 0 Å². The van der Waals surface area contributed by atoms with E-state index in [-0.39, 0.29) is 5.41 Å². The molecule has 1 nitrogen and oxygen atoms in total. The molecule has 0 aromatic heterocycles. The van der Waals surface area contributed by atoms with Gasteiger partial charge in [-0.25, -0.2) is 0 Å². The van der Waals surface area contributed by atoms with Crippen molar-refractivity contribution in [3.8, 4) is 16.9 Å². The molecule has 21 heavy (non-hydrogen) atoms. The summed E-state index contributed by atoms with van der Waals surface area (Å²) in [6.45, 7) is 11.0. The molecular formula is C18H22BrOSi. The number of hydrogen-bond acceptors (Lipinski definition) is 1. The van der Waals surface area contributed by atoms with E-state index in [0.717, 1.165) is 10.2 Å². The second kappa shape index (κ2) is 6.37. The van der Waals surface area contributed by atoms with Crippen molar-refractivity contribution in [2.24, 2.45) is 0 Å². The van der Waals surface area contributed by atoms with E-state index in [1.54, 1.807) is 0 Å². The van der Waals surface area contributed by atoms with Gasteiger partial charge in [-0.05, 0) is 57.7 Å². The molecule has 3 heteroatoms. The number of benzene rings is 2. The van der Waals surface area contributed by atoms with Crippen molar-refractivity contribution in [1.82, 2.24) is 0 Å². The maximum atomic E-state index is 6.15. The fourth-order valence-electron chi connectivity index (χ4n) is 2.17. The van der Waals surface area contributed by atoms with Gasteiger partial charge in [0.2, 0.25) is 0 Å². The minimum atomic E-state index is -0.816. The molecule has 0 fully saturated rings. The van der Waals surface area contributed by atoms with Gasteiger partial charge in [-0.1, -0.05) is 51.1 Å². The monoisotopic (exact) mass is 361 g/mol. The molecule has 0 N–H and O–H groups in total. The van der Waals surface area contributed by atoms with Gasteiger partial charge >= 0.3 is 0 Å². The zero-order valence-electron chi connectivity index (χ0n) is 13.3. The summed E-state index contributed by atoms with van der Waals surface area (Å²) in [5, 5.41) is 0. The summed E-state index contributed by atoms with van der Waals surface area (Å²) in [5.74, 6) is 0.966. The van der Waals surface area contributed by atoms with Gasteiger partial charge in [0.05, 0.1) is 4.47 Å². The van der Waals surface area contributed by atoms with E-state index >= 15 is 0 Å². The summed E-state index contributed by atoms with van der Waals surface area (Å²) in [5.41, 5.74) is 3.78. The van der Waals surface area contributed by atoms with Crippen molar-refractivity contribution in [3.05, 3.63) is 52.5 Å². The molecule has 0 aliphatic heterocycles. The third-order valence-electron chi connectivity index (χ3n) is 3.30. The molecule has 2 rings (SSSR count). The van der Waals surface area contributed by atoms with Crippen LogP contribution in [-0.4, -0.2) is 9.04 Å². The van der Waals surface area contributed by atoms with Crippen LogP contribution in [0.1, 0.15) is 26.3 Å². The Hall–Kier alpha value is -1.06. The maximum absolute atomic E-state index is 6.15.